The maximum absolute atomic E-state index is 11.4. The summed E-state index contributed by atoms with van der Waals surface area (Å²) < 4.78 is 11.2. The largest absolute Gasteiger partial charge is 0.492 e. The van der Waals surface area contributed by atoms with Crippen molar-refractivity contribution in [3.05, 3.63) is 28.2 Å². The molecule has 0 unspecified atom stereocenters. The maximum Gasteiger partial charge on any atom is 0.356 e. The number of benzene rings is 1. The van der Waals surface area contributed by atoms with Gasteiger partial charge in [0.15, 0.2) is 5.71 Å². The second kappa shape index (κ2) is 8.58. The molecule has 0 saturated carbocycles. The zero-order valence-corrected chi connectivity index (χ0v) is 13.1. The van der Waals surface area contributed by atoms with Crippen molar-refractivity contribution in [3.8, 4) is 5.75 Å². The number of hydrogen-bond donors (Lipinski definition) is 1. The lowest BCUT2D eigenvalue weighted by Crippen LogP contribution is -2.18. The molecule has 0 aliphatic heterocycles. The van der Waals surface area contributed by atoms with Crippen molar-refractivity contribution in [1.82, 2.24) is 0 Å². The first kappa shape index (κ1) is 16.5. The van der Waals surface area contributed by atoms with Crippen LogP contribution in [0.1, 0.15) is 25.3 Å². The van der Waals surface area contributed by atoms with E-state index in [1.54, 1.807) is 6.92 Å². The first-order valence-electron chi connectivity index (χ1n) is 6.35. The van der Waals surface area contributed by atoms with Crippen LogP contribution in [-0.2, 0) is 9.53 Å². The number of nitrogens with zero attached hydrogens (tertiary/aromatic N) is 1. The molecule has 0 aromatic heterocycles. The highest BCUT2D eigenvalue weighted by molar-refractivity contribution is 9.10. The molecule has 0 spiro atoms. The number of carbonyl (C=O) groups excluding carboxylic acids is 1. The number of rotatable bonds is 7. The van der Waals surface area contributed by atoms with Crippen LogP contribution in [0.25, 0.3) is 0 Å². The van der Waals surface area contributed by atoms with E-state index < -0.39 is 5.97 Å². The first-order valence-corrected chi connectivity index (χ1v) is 7.14. The van der Waals surface area contributed by atoms with Gasteiger partial charge in [-0.25, -0.2) is 4.79 Å². The van der Waals surface area contributed by atoms with Crippen molar-refractivity contribution in [1.29, 1.82) is 0 Å². The minimum Gasteiger partial charge on any atom is -0.492 e. The summed E-state index contributed by atoms with van der Waals surface area (Å²) in [5.74, 6) is 0.153. The Bertz CT molecular complexity index is 488. The normalized spacial score (nSPS) is 11.2. The summed E-state index contributed by atoms with van der Waals surface area (Å²) in [5.41, 5.74) is 1.15. The van der Waals surface area contributed by atoms with Crippen LogP contribution < -0.4 is 4.74 Å². The second-order valence-corrected chi connectivity index (χ2v) is 5.01. The Hall–Kier alpha value is -1.56. The third-order valence-corrected chi connectivity index (χ3v) is 3.15. The number of ether oxygens (including phenoxy) is 2. The van der Waals surface area contributed by atoms with Gasteiger partial charge in [-0.2, -0.15) is 0 Å². The molecular weight excluding hydrogens is 326 g/mol. The first-order chi connectivity index (χ1) is 9.58. The molecule has 1 aromatic rings. The van der Waals surface area contributed by atoms with E-state index >= 15 is 0 Å². The molecule has 1 aromatic carbocycles. The van der Waals surface area contributed by atoms with Crippen LogP contribution in [-0.4, -0.2) is 30.1 Å². The predicted octanol–water partition coefficient (Wildman–Crippen LogP) is 3.31. The van der Waals surface area contributed by atoms with Gasteiger partial charge in [-0.1, -0.05) is 11.2 Å². The van der Waals surface area contributed by atoms with Crippen molar-refractivity contribution in [2.24, 2.45) is 5.16 Å². The Kier molecular flexibility index (Phi) is 7.08. The van der Waals surface area contributed by atoms with E-state index in [1.165, 1.54) is 0 Å². The van der Waals surface area contributed by atoms with Crippen molar-refractivity contribution < 1.29 is 19.5 Å². The summed E-state index contributed by atoms with van der Waals surface area (Å²) >= 11 is 3.42. The molecule has 20 heavy (non-hydrogen) atoms. The van der Waals surface area contributed by atoms with Crippen LogP contribution in [0.15, 0.2) is 27.8 Å². The third kappa shape index (κ3) is 5.21. The molecule has 0 radical (unpaired) electrons. The fourth-order valence-corrected chi connectivity index (χ4v) is 2.16. The lowest BCUT2D eigenvalue weighted by molar-refractivity contribution is -0.135. The Morgan fingerprint density at radius 3 is 2.80 bits per heavy atom. The number of esters is 1. The zero-order valence-electron chi connectivity index (χ0n) is 11.6. The number of oxime groups is 1. The highest BCUT2D eigenvalue weighted by Crippen LogP contribution is 2.25. The zero-order chi connectivity index (χ0) is 15.0. The summed E-state index contributed by atoms with van der Waals surface area (Å²) in [6, 6.07) is 5.81. The predicted molar refractivity (Wildman–Crippen MR) is 79.5 cm³/mol. The van der Waals surface area contributed by atoms with Crippen LogP contribution in [0.3, 0.4) is 0 Å². The molecule has 0 heterocycles. The minimum absolute atomic E-state index is 0.0124. The van der Waals surface area contributed by atoms with E-state index in [0.717, 1.165) is 15.8 Å². The van der Waals surface area contributed by atoms with Gasteiger partial charge in [0, 0.05) is 6.42 Å². The van der Waals surface area contributed by atoms with Gasteiger partial charge in [-0.05, 0) is 53.9 Å². The lowest BCUT2D eigenvalue weighted by Gasteiger charge is -2.09. The highest BCUT2D eigenvalue weighted by atomic mass is 79.9. The van der Waals surface area contributed by atoms with E-state index in [2.05, 4.69) is 21.1 Å². The summed E-state index contributed by atoms with van der Waals surface area (Å²) in [4.78, 5) is 11.4. The van der Waals surface area contributed by atoms with Gasteiger partial charge < -0.3 is 14.7 Å². The lowest BCUT2D eigenvalue weighted by atomic mass is 10.2. The maximum atomic E-state index is 11.4. The molecule has 0 aliphatic carbocycles. The molecule has 110 valence electrons. The van der Waals surface area contributed by atoms with Crippen molar-refractivity contribution in [2.75, 3.05) is 13.2 Å². The van der Waals surface area contributed by atoms with Gasteiger partial charge in [0.1, 0.15) is 5.75 Å². The fourth-order valence-electron chi connectivity index (χ4n) is 1.55. The molecule has 6 heteroatoms. The molecular formula is C14H18BrNO4. The Morgan fingerprint density at radius 1 is 1.45 bits per heavy atom. The van der Waals surface area contributed by atoms with E-state index in [4.69, 9.17) is 14.7 Å². The van der Waals surface area contributed by atoms with Crippen LogP contribution >= 0.6 is 15.9 Å². The third-order valence-electron chi connectivity index (χ3n) is 2.53. The van der Waals surface area contributed by atoms with E-state index in [1.807, 2.05) is 25.1 Å². The summed E-state index contributed by atoms with van der Waals surface area (Å²) in [6.45, 7) is 4.37. The van der Waals surface area contributed by atoms with Crippen molar-refractivity contribution >= 4 is 27.6 Å². The SMILES string of the molecule is CCOC(=O)/C(CCCOc1ccc(C)cc1Br)=N/O. The fraction of sp³-hybridized carbons (Fsp3) is 0.429. The van der Waals surface area contributed by atoms with Gasteiger partial charge >= 0.3 is 5.97 Å². The number of halogens is 1. The van der Waals surface area contributed by atoms with Gasteiger partial charge in [0.05, 0.1) is 17.7 Å². The highest BCUT2D eigenvalue weighted by Gasteiger charge is 2.13. The molecule has 0 fully saturated rings. The quantitative estimate of drug-likeness (QED) is 0.271. The van der Waals surface area contributed by atoms with E-state index in [0.29, 0.717) is 19.4 Å². The monoisotopic (exact) mass is 343 g/mol. The topological polar surface area (TPSA) is 68.1 Å². The second-order valence-electron chi connectivity index (χ2n) is 4.15. The molecule has 0 amide bonds. The molecule has 0 saturated heterocycles. The molecule has 0 bridgehead atoms. The van der Waals surface area contributed by atoms with E-state index in [9.17, 15) is 4.79 Å². The van der Waals surface area contributed by atoms with Gasteiger partial charge in [0.2, 0.25) is 0 Å². The van der Waals surface area contributed by atoms with Crippen LogP contribution in [0.4, 0.5) is 0 Å². The Labute approximate surface area is 126 Å². The van der Waals surface area contributed by atoms with Crippen LogP contribution in [0.5, 0.6) is 5.75 Å². The Morgan fingerprint density at radius 2 is 2.20 bits per heavy atom. The number of hydrogen-bond acceptors (Lipinski definition) is 5. The number of carbonyl (C=O) groups is 1. The molecule has 5 nitrogen and oxygen atoms in total. The van der Waals surface area contributed by atoms with Gasteiger partial charge in [-0.3, -0.25) is 0 Å². The average Bonchev–Trinajstić information content (AvgIpc) is 2.41. The van der Waals surface area contributed by atoms with Gasteiger partial charge in [-0.15, -0.1) is 0 Å². The molecule has 1 N–H and O–H groups in total. The minimum atomic E-state index is -0.591. The van der Waals surface area contributed by atoms with Gasteiger partial charge in [0.25, 0.3) is 0 Å². The standard InChI is InChI=1S/C14H18BrNO4/c1-3-19-14(17)12(16-18)5-4-8-20-13-7-6-10(2)9-11(13)15/h6-7,9,18H,3-5,8H2,1-2H3/b16-12+. The Balaban J connectivity index is 2.39. The summed E-state index contributed by atoms with van der Waals surface area (Å²) in [7, 11) is 0. The summed E-state index contributed by atoms with van der Waals surface area (Å²) in [6.07, 6.45) is 0.858. The van der Waals surface area contributed by atoms with Crippen molar-refractivity contribution in [3.63, 3.8) is 0 Å². The average molecular weight is 344 g/mol. The summed E-state index contributed by atoms with van der Waals surface area (Å²) in [5, 5.41) is 11.7. The molecule has 0 aliphatic rings. The van der Waals surface area contributed by atoms with Crippen molar-refractivity contribution in [2.45, 2.75) is 26.7 Å². The van der Waals surface area contributed by atoms with Crippen LogP contribution in [0.2, 0.25) is 0 Å². The van der Waals surface area contributed by atoms with E-state index in [-0.39, 0.29) is 12.3 Å². The molecule has 1 rings (SSSR count). The van der Waals surface area contributed by atoms with Crippen LogP contribution in [0, 0.1) is 6.92 Å². The number of aryl methyl sites for hydroxylation is 1. The molecule has 0 atom stereocenters. The smallest absolute Gasteiger partial charge is 0.356 e.